The maximum Gasteiger partial charge on any atom is 0.222 e. The van der Waals surface area contributed by atoms with Crippen LogP contribution in [-0.2, 0) is 11.2 Å². The Bertz CT molecular complexity index is 487. The summed E-state index contributed by atoms with van der Waals surface area (Å²) in [5.74, 6) is 1.02. The Hall–Kier alpha value is -1.07. The Kier molecular flexibility index (Phi) is 7.18. The summed E-state index contributed by atoms with van der Waals surface area (Å²) >= 11 is 3.51. The van der Waals surface area contributed by atoms with Crippen molar-refractivity contribution in [1.29, 1.82) is 0 Å². The summed E-state index contributed by atoms with van der Waals surface area (Å²) in [4.78, 5) is 13.1. The first-order chi connectivity index (χ1) is 9.81. The van der Waals surface area contributed by atoms with Crippen LogP contribution in [0.15, 0.2) is 16.6 Å². The third-order valence-electron chi connectivity index (χ3n) is 3.14. The van der Waals surface area contributed by atoms with Crippen molar-refractivity contribution in [3.05, 3.63) is 27.7 Å². The normalized spacial score (nSPS) is 12.1. The molecule has 118 valence electrons. The van der Waals surface area contributed by atoms with E-state index in [-0.39, 0.29) is 11.9 Å². The first-order valence-electron chi connectivity index (χ1n) is 7.18. The Labute approximate surface area is 135 Å². The molecule has 1 amide bonds. The Morgan fingerprint density at radius 1 is 1.43 bits per heavy atom. The van der Waals surface area contributed by atoms with Gasteiger partial charge in [0.05, 0.1) is 6.61 Å². The van der Waals surface area contributed by atoms with Crippen molar-refractivity contribution in [3.63, 3.8) is 0 Å². The zero-order valence-electron chi connectivity index (χ0n) is 13.3. The van der Waals surface area contributed by atoms with E-state index in [2.05, 4.69) is 22.0 Å². The first kappa shape index (κ1) is 18.0. The highest BCUT2D eigenvalue weighted by atomic mass is 79.9. The molecule has 4 nitrogen and oxygen atoms in total. The van der Waals surface area contributed by atoms with Crippen LogP contribution in [0.1, 0.15) is 30.9 Å². The predicted octanol–water partition coefficient (Wildman–Crippen LogP) is 2.89. The average molecular weight is 357 g/mol. The average Bonchev–Trinajstić information content (AvgIpc) is 2.35. The van der Waals surface area contributed by atoms with Gasteiger partial charge in [0.15, 0.2) is 0 Å². The van der Waals surface area contributed by atoms with E-state index in [1.807, 2.05) is 19.9 Å². The minimum atomic E-state index is 0.0800. The molecule has 0 saturated heterocycles. The minimum absolute atomic E-state index is 0.0800. The number of carbonyl (C=O) groups is 1. The lowest BCUT2D eigenvalue weighted by molar-refractivity contribution is -0.128. The number of rotatable bonds is 7. The highest BCUT2D eigenvalue weighted by Gasteiger charge is 2.11. The van der Waals surface area contributed by atoms with E-state index in [1.165, 1.54) is 0 Å². The lowest BCUT2D eigenvalue weighted by Crippen LogP contribution is -2.22. The largest absolute Gasteiger partial charge is 0.493 e. The lowest BCUT2D eigenvalue weighted by atomic mass is 10.0. The quantitative estimate of drug-likeness (QED) is 0.764. The maximum absolute atomic E-state index is 11.5. The van der Waals surface area contributed by atoms with Crippen molar-refractivity contribution >= 4 is 21.8 Å². The van der Waals surface area contributed by atoms with Crippen molar-refractivity contribution < 1.29 is 9.53 Å². The molecule has 0 aliphatic carbocycles. The number of halogens is 1. The fraction of sp³-hybridized carbons (Fsp3) is 0.562. The van der Waals surface area contributed by atoms with E-state index < -0.39 is 0 Å². The predicted molar refractivity (Wildman–Crippen MR) is 89.7 cm³/mol. The Balaban J connectivity index is 2.67. The molecule has 0 heterocycles. The molecule has 21 heavy (non-hydrogen) atoms. The summed E-state index contributed by atoms with van der Waals surface area (Å²) in [7, 11) is 3.53. The molecule has 0 aromatic heterocycles. The minimum Gasteiger partial charge on any atom is -0.493 e. The summed E-state index contributed by atoms with van der Waals surface area (Å²) in [6.45, 7) is 4.54. The number of aryl methyl sites for hydroxylation is 1. The fourth-order valence-electron chi connectivity index (χ4n) is 2.13. The van der Waals surface area contributed by atoms with E-state index in [9.17, 15) is 4.79 Å². The van der Waals surface area contributed by atoms with Gasteiger partial charge in [0.1, 0.15) is 5.75 Å². The Morgan fingerprint density at radius 2 is 2.10 bits per heavy atom. The lowest BCUT2D eigenvalue weighted by Gasteiger charge is -2.17. The molecular weight excluding hydrogens is 332 g/mol. The molecule has 2 N–H and O–H groups in total. The number of ether oxygens (including phenoxy) is 1. The van der Waals surface area contributed by atoms with E-state index in [0.29, 0.717) is 19.4 Å². The summed E-state index contributed by atoms with van der Waals surface area (Å²) in [5.41, 5.74) is 8.09. The molecule has 0 spiro atoms. The third kappa shape index (κ3) is 6.06. The van der Waals surface area contributed by atoms with Gasteiger partial charge in [0, 0.05) is 31.0 Å². The van der Waals surface area contributed by atoms with E-state index >= 15 is 0 Å². The smallest absolute Gasteiger partial charge is 0.222 e. The van der Waals surface area contributed by atoms with Crippen LogP contribution in [0.2, 0.25) is 0 Å². The number of hydrogen-bond acceptors (Lipinski definition) is 3. The van der Waals surface area contributed by atoms with Crippen LogP contribution in [0.5, 0.6) is 5.75 Å². The second-order valence-electron chi connectivity index (χ2n) is 5.63. The van der Waals surface area contributed by atoms with E-state index in [0.717, 1.165) is 27.8 Å². The molecule has 0 aliphatic heterocycles. The van der Waals surface area contributed by atoms with Crippen LogP contribution in [0.25, 0.3) is 0 Å². The van der Waals surface area contributed by atoms with Crippen LogP contribution in [-0.4, -0.2) is 37.6 Å². The van der Waals surface area contributed by atoms with Crippen molar-refractivity contribution in [2.45, 2.75) is 39.2 Å². The number of nitrogens with two attached hydrogens (primary N) is 1. The highest BCUT2D eigenvalue weighted by molar-refractivity contribution is 9.10. The molecule has 1 atom stereocenters. The molecule has 1 aromatic carbocycles. The van der Waals surface area contributed by atoms with Gasteiger partial charge in [-0.05, 0) is 49.9 Å². The zero-order valence-corrected chi connectivity index (χ0v) is 14.9. The number of hydrogen-bond donors (Lipinski definition) is 1. The molecule has 5 heteroatoms. The number of benzene rings is 1. The van der Waals surface area contributed by atoms with Crippen molar-refractivity contribution in [3.8, 4) is 5.75 Å². The van der Waals surface area contributed by atoms with Crippen molar-refractivity contribution in [1.82, 2.24) is 4.90 Å². The first-order valence-corrected chi connectivity index (χ1v) is 7.98. The van der Waals surface area contributed by atoms with Crippen molar-refractivity contribution in [2.75, 3.05) is 20.7 Å². The van der Waals surface area contributed by atoms with Gasteiger partial charge in [-0.15, -0.1) is 0 Å². The van der Waals surface area contributed by atoms with Crippen LogP contribution in [0.4, 0.5) is 0 Å². The van der Waals surface area contributed by atoms with Crippen LogP contribution >= 0.6 is 15.9 Å². The molecule has 0 fully saturated rings. The summed E-state index contributed by atoms with van der Waals surface area (Å²) in [6.07, 6.45) is 1.99. The molecule has 0 radical (unpaired) electrons. The third-order valence-corrected chi connectivity index (χ3v) is 3.60. The van der Waals surface area contributed by atoms with Gasteiger partial charge in [-0.1, -0.05) is 15.9 Å². The van der Waals surface area contributed by atoms with Gasteiger partial charge in [-0.25, -0.2) is 0 Å². The molecule has 0 saturated carbocycles. The molecule has 1 rings (SSSR count). The molecule has 1 aromatic rings. The number of nitrogens with zero attached hydrogens (tertiary/aromatic N) is 1. The molecule has 1 unspecified atom stereocenters. The SMILES string of the molecule is Cc1cc(Br)cc(CC(C)N)c1OCCCC(=O)N(C)C. The summed E-state index contributed by atoms with van der Waals surface area (Å²) < 4.78 is 6.94. The van der Waals surface area contributed by atoms with Crippen LogP contribution in [0.3, 0.4) is 0 Å². The fourth-order valence-corrected chi connectivity index (χ4v) is 2.75. The number of amides is 1. The van der Waals surface area contributed by atoms with Gasteiger partial charge in [-0.3, -0.25) is 4.79 Å². The second-order valence-corrected chi connectivity index (χ2v) is 6.55. The number of carbonyl (C=O) groups excluding carboxylic acids is 1. The van der Waals surface area contributed by atoms with Crippen LogP contribution in [0, 0.1) is 6.92 Å². The maximum atomic E-state index is 11.5. The topological polar surface area (TPSA) is 55.6 Å². The second kappa shape index (κ2) is 8.39. The van der Waals surface area contributed by atoms with E-state index in [4.69, 9.17) is 10.5 Å². The van der Waals surface area contributed by atoms with Gasteiger partial charge in [0.25, 0.3) is 0 Å². The van der Waals surface area contributed by atoms with Crippen LogP contribution < -0.4 is 10.5 Å². The van der Waals surface area contributed by atoms with E-state index in [1.54, 1.807) is 19.0 Å². The molecule has 0 bridgehead atoms. The summed E-state index contributed by atoms with van der Waals surface area (Å²) in [6, 6.07) is 4.16. The zero-order chi connectivity index (χ0) is 16.0. The highest BCUT2D eigenvalue weighted by Crippen LogP contribution is 2.29. The van der Waals surface area contributed by atoms with Gasteiger partial charge in [-0.2, -0.15) is 0 Å². The molecular formula is C16H25BrN2O2. The standard InChI is InChI=1S/C16H25BrN2O2/c1-11-8-14(17)10-13(9-12(2)18)16(11)21-7-5-6-15(20)19(3)4/h8,10,12H,5-7,9,18H2,1-4H3. The van der Waals surface area contributed by atoms with Gasteiger partial charge < -0.3 is 15.4 Å². The van der Waals surface area contributed by atoms with Gasteiger partial charge >= 0.3 is 0 Å². The van der Waals surface area contributed by atoms with Crippen molar-refractivity contribution in [2.24, 2.45) is 5.73 Å². The summed E-state index contributed by atoms with van der Waals surface area (Å²) in [5, 5.41) is 0. The Morgan fingerprint density at radius 3 is 2.67 bits per heavy atom. The monoisotopic (exact) mass is 356 g/mol. The molecule has 0 aliphatic rings. The van der Waals surface area contributed by atoms with Gasteiger partial charge in [0.2, 0.25) is 5.91 Å².